The smallest absolute Gasteiger partial charge is 0.309 e. The van der Waals surface area contributed by atoms with Gasteiger partial charge in [-0.2, -0.15) is 4.31 Å². The summed E-state index contributed by atoms with van der Waals surface area (Å²) < 4.78 is 36.4. The zero-order chi connectivity index (χ0) is 15.8. The Hall–Kier alpha value is -1.80. The van der Waals surface area contributed by atoms with Gasteiger partial charge in [0.15, 0.2) is 11.5 Å². The van der Waals surface area contributed by atoms with Gasteiger partial charge in [-0.3, -0.25) is 4.79 Å². The van der Waals surface area contributed by atoms with Gasteiger partial charge in [0.2, 0.25) is 10.0 Å². The maximum absolute atomic E-state index is 12.5. The predicted molar refractivity (Wildman–Crippen MR) is 74.2 cm³/mol. The number of ether oxygens (including phenoxy) is 2. The second-order valence-electron chi connectivity index (χ2n) is 4.83. The van der Waals surface area contributed by atoms with Gasteiger partial charge in [-0.05, 0) is 18.6 Å². The first-order valence-electron chi connectivity index (χ1n) is 6.26. The van der Waals surface area contributed by atoms with Crippen LogP contribution in [0.4, 0.5) is 0 Å². The average molecular weight is 315 g/mol. The molecule has 21 heavy (non-hydrogen) atoms. The topological polar surface area (TPSA) is 93.1 Å². The second kappa shape index (κ2) is 5.53. The van der Waals surface area contributed by atoms with E-state index in [1.807, 2.05) is 0 Å². The number of hydrogen-bond acceptors (Lipinski definition) is 5. The number of carboxylic acid groups (broad SMARTS) is 1. The van der Waals surface area contributed by atoms with Crippen molar-refractivity contribution in [3.05, 3.63) is 17.7 Å². The van der Waals surface area contributed by atoms with Gasteiger partial charge in [0.1, 0.15) is 0 Å². The molecule has 0 spiro atoms. The summed E-state index contributed by atoms with van der Waals surface area (Å²) in [5.41, 5.74) is 0.520. The number of carboxylic acids is 1. The molecule has 0 unspecified atom stereocenters. The number of nitrogens with zero attached hydrogens (tertiary/aromatic N) is 1. The van der Waals surface area contributed by atoms with Crippen LogP contribution in [0.5, 0.6) is 11.5 Å². The minimum absolute atomic E-state index is 0.00848. The molecule has 1 heterocycles. The number of sulfonamides is 1. The van der Waals surface area contributed by atoms with Crippen molar-refractivity contribution in [2.45, 2.75) is 11.8 Å². The molecule has 0 saturated carbocycles. The van der Waals surface area contributed by atoms with Crippen molar-refractivity contribution < 1.29 is 27.8 Å². The Bertz CT molecular complexity index is 663. The summed E-state index contributed by atoms with van der Waals surface area (Å²) in [6.07, 6.45) is 0. The van der Waals surface area contributed by atoms with Gasteiger partial charge in [0, 0.05) is 19.2 Å². The highest BCUT2D eigenvalue weighted by Gasteiger charge is 2.41. The van der Waals surface area contributed by atoms with Crippen molar-refractivity contribution in [2.75, 3.05) is 27.3 Å². The molecule has 0 amide bonds. The lowest BCUT2D eigenvalue weighted by Crippen LogP contribution is -2.52. The molecule has 0 aliphatic carbocycles. The third kappa shape index (κ3) is 2.68. The van der Waals surface area contributed by atoms with Crippen molar-refractivity contribution in [1.82, 2.24) is 4.31 Å². The molecule has 116 valence electrons. The number of methoxy groups -OCH3 is 2. The van der Waals surface area contributed by atoms with Gasteiger partial charge in [-0.25, -0.2) is 8.42 Å². The summed E-state index contributed by atoms with van der Waals surface area (Å²) in [4.78, 5) is 10.9. The fourth-order valence-corrected chi connectivity index (χ4v) is 3.92. The van der Waals surface area contributed by atoms with E-state index in [4.69, 9.17) is 14.6 Å². The molecule has 1 fully saturated rings. The standard InChI is InChI=1S/C13H17NO6S/c1-8-4-10(19-2)11(20-3)5-12(8)21(17,18)14-6-9(7-14)13(15)16/h4-5,9H,6-7H2,1-3H3,(H,15,16). The van der Waals surface area contributed by atoms with Crippen LogP contribution in [0.3, 0.4) is 0 Å². The van der Waals surface area contributed by atoms with Gasteiger partial charge in [0.25, 0.3) is 0 Å². The third-order valence-corrected chi connectivity index (χ3v) is 5.47. The number of rotatable bonds is 5. The van der Waals surface area contributed by atoms with Crippen molar-refractivity contribution >= 4 is 16.0 Å². The molecule has 0 bridgehead atoms. The molecule has 1 aliphatic rings. The van der Waals surface area contributed by atoms with E-state index >= 15 is 0 Å². The van der Waals surface area contributed by atoms with Gasteiger partial charge in [0.05, 0.1) is 25.0 Å². The highest BCUT2D eigenvalue weighted by molar-refractivity contribution is 7.89. The SMILES string of the molecule is COc1cc(C)c(S(=O)(=O)N2CC(C(=O)O)C2)cc1OC. The lowest BCUT2D eigenvalue weighted by molar-refractivity contribution is -0.145. The van der Waals surface area contributed by atoms with E-state index in [-0.39, 0.29) is 18.0 Å². The minimum atomic E-state index is -3.72. The quantitative estimate of drug-likeness (QED) is 0.860. The molecule has 0 atom stereocenters. The molecule has 0 aromatic heterocycles. The average Bonchev–Trinajstić information content (AvgIpc) is 2.35. The monoisotopic (exact) mass is 315 g/mol. The second-order valence-corrected chi connectivity index (χ2v) is 6.74. The Kier molecular flexibility index (Phi) is 4.11. The summed E-state index contributed by atoms with van der Waals surface area (Å²) in [7, 11) is -0.828. The van der Waals surface area contributed by atoms with Crippen LogP contribution in [0, 0.1) is 12.8 Å². The maximum Gasteiger partial charge on any atom is 0.309 e. The van der Waals surface area contributed by atoms with E-state index in [0.717, 1.165) is 4.31 Å². The van der Waals surface area contributed by atoms with Crippen molar-refractivity contribution in [1.29, 1.82) is 0 Å². The first-order valence-corrected chi connectivity index (χ1v) is 7.70. The Morgan fingerprint density at radius 3 is 2.24 bits per heavy atom. The fraction of sp³-hybridized carbons (Fsp3) is 0.462. The van der Waals surface area contributed by atoms with Crippen molar-refractivity contribution in [2.24, 2.45) is 5.92 Å². The number of aryl methyl sites for hydroxylation is 1. The minimum Gasteiger partial charge on any atom is -0.493 e. The summed E-state index contributed by atoms with van der Waals surface area (Å²) in [6.45, 7) is 1.64. The van der Waals surface area contributed by atoms with Crippen LogP contribution in [-0.4, -0.2) is 51.1 Å². The molecule has 7 nitrogen and oxygen atoms in total. The Labute approximate surface area is 123 Å². The van der Waals surface area contributed by atoms with E-state index in [9.17, 15) is 13.2 Å². The Morgan fingerprint density at radius 2 is 1.76 bits per heavy atom. The van der Waals surface area contributed by atoms with Crippen LogP contribution in [0.15, 0.2) is 17.0 Å². The lowest BCUT2D eigenvalue weighted by Gasteiger charge is -2.35. The van der Waals surface area contributed by atoms with Gasteiger partial charge < -0.3 is 14.6 Å². The largest absolute Gasteiger partial charge is 0.493 e. The molecular weight excluding hydrogens is 298 g/mol. The van der Waals surface area contributed by atoms with Crippen LogP contribution >= 0.6 is 0 Å². The van der Waals surface area contributed by atoms with Gasteiger partial charge in [-0.15, -0.1) is 0 Å². The predicted octanol–water partition coefficient (Wildman–Crippen LogP) is 0.717. The van der Waals surface area contributed by atoms with Gasteiger partial charge >= 0.3 is 5.97 Å². The van der Waals surface area contributed by atoms with Crippen LogP contribution < -0.4 is 9.47 Å². The first kappa shape index (κ1) is 15.6. The van der Waals surface area contributed by atoms with E-state index in [2.05, 4.69) is 0 Å². The summed E-state index contributed by atoms with van der Waals surface area (Å²) in [5.74, 6) is -0.858. The lowest BCUT2D eigenvalue weighted by atomic mass is 10.0. The molecule has 1 aromatic rings. The molecule has 1 saturated heterocycles. The molecule has 2 rings (SSSR count). The van der Waals surface area contributed by atoms with Crippen molar-refractivity contribution in [3.63, 3.8) is 0 Å². The first-order chi connectivity index (χ1) is 9.81. The Balaban J connectivity index is 2.35. The van der Waals surface area contributed by atoms with Crippen LogP contribution in [-0.2, 0) is 14.8 Å². The van der Waals surface area contributed by atoms with E-state index < -0.39 is 21.9 Å². The summed E-state index contributed by atoms with van der Waals surface area (Å²) >= 11 is 0. The highest BCUT2D eigenvalue weighted by atomic mass is 32.2. The number of carbonyl (C=O) groups is 1. The van der Waals surface area contributed by atoms with E-state index in [1.54, 1.807) is 13.0 Å². The maximum atomic E-state index is 12.5. The van der Waals surface area contributed by atoms with E-state index in [1.165, 1.54) is 20.3 Å². The molecular formula is C13H17NO6S. The zero-order valence-corrected chi connectivity index (χ0v) is 12.8. The van der Waals surface area contributed by atoms with Crippen LogP contribution in [0.2, 0.25) is 0 Å². The normalized spacial score (nSPS) is 16.3. The van der Waals surface area contributed by atoms with Crippen LogP contribution in [0.1, 0.15) is 5.56 Å². The summed E-state index contributed by atoms with van der Waals surface area (Å²) in [5, 5.41) is 8.83. The fourth-order valence-electron chi connectivity index (χ4n) is 2.17. The molecule has 0 radical (unpaired) electrons. The van der Waals surface area contributed by atoms with Gasteiger partial charge in [-0.1, -0.05) is 0 Å². The third-order valence-electron chi connectivity index (χ3n) is 3.50. The highest BCUT2D eigenvalue weighted by Crippen LogP contribution is 2.35. The molecule has 1 N–H and O–H groups in total. The number of benzene rings is 1. The Morgan fingerprint density at radius 1 is 1.24 bits per heavy atom. The van der Waals surface area contributed by atoms with E-state index in [0.29, 0.717) is 17.1 Å². The molecule has 1 aliphatic heterocycles. The number of aliphatic carboxylic acids is 1. The molecule has 1 aromatic carbocycles. The van der Waals surface area contributed by atoms with Crippen LogP contribution in [0.25, 0.3) is 0 Å². The molecule has 8 heteroatoms. The number of hydrogen-bond donors (Lipinski definition) is 1. The van der Waals surface area contributed by atoms with Crippen molar-refractivity contribution in [3.8, 4) is 11.5 Å². The zero-order valence-electron chi connectivity index (χ0n) is 12.0. The summed E-state index contributed by atoms with van der Waals surface area (Å²) in [6, 6.07) is 2.98.